The molecular weight excluding hydrogens is 550 g/mol. The first kappa shape index (κ1) is 29.4. The molecule has 5 rings (SSSR count). The molecule has 2 fully saturated rings. The molecule has 43 heavy (non-hydrogen) atoms. The highest BCUT2D eigenvalue weighted by Crippen LogP contribution is 2.43. The van der Waals surface area contributed by atoms with Gasteiger partial charge in [0.15, 0.2) is 0 Å². The number of nitriles is 1. The van der Waals surface area contributed by atoms with E-state index in [0.29, 0.717) is 31.7 Å². The largest absolute Gasteiger partial charge is 0.466 e. The molecule has 0 saturated carbocycles. The number of nitrogens with zero attached hydrogens (tertiary/aromatic N) is 4. The lowest BCUT2D eigenvalue weighted by atomic mass is 9.81. The van der Waals surface area contributed by atoms with Gasteiger partial charge in [0.2, 0.25) is 0 Å². The van der Waals surface area contributed by atoms with Gasteiger partial charge in [0, 0.05) is 43.0 Å². The van der Waals surface area contributed by atoms with Gasteiger partial charge >= 0.3 is 11.9 Å². The van der Waals surface area contributed by atoms with Crippen LogP contribution in [0.4, 0.5) is 5.69 Å². The summed E-state index contributed by atoms with van der Waals surface area (Å²) in [6, 6.07) is 15.4. The van der Waals surface area contributed by atoms with Crippen LogP contribution in [0.25, 0.3) is 0 Å². The summed E-state index contributed by atoms with van der Waals surface area (Å²) >= 11 is 0. The summed E-state index contributed by atoms with van der Waals surface area (Å²) in [5, 5.41) is 10.4. The van der Waals surface area contributed by atoms with Crippen LogP contribution in [0.3, 0.4) is 0 Å². The molecule has 0 aliphatic carbocycles. The Morgan fingerprint density at radius 1 is 0.814 bits per heavy atom. The SMILES string of the molecule is COC(=O)C1=C(C(=O)OC)N(c2cc(C(=O)N3CCCC3)cc(C(=O)N3CCCC3)c2)C(N)=C(C#N)C1c1ccccc1. The van der Waals surface area contributed by atoms with Crippen LogP contribution in [0.5, 0.6) is 0 Å². The number of ether oxygens (including phenoxy) is 2. The number of amides is 2. The van der Waals surface area contributed by atoms with E-state index < -0.39 is 17.9 Å². The van der Waals surface area contributed by atoms with E-state index in [1.165, 1.54) is 24.1 Å². The molecule has 2 N–H and O–H groups in total. The van der Waals surface area contributed by atoms with Gasteiger partial charge in [0.05, 0.1) is 37.4 Å². The summed E-state index contributed by atoms with van der Waals surface area (Å²) < 4.78 is 10.2. The number of rotatable bonds is 6. The van der Waals surface area contributed by atoms with E-state index >= 15 is 0 Å². The van der Waals surface area contributed by atoms with Gasteiger partial charge in [-0.25, -0.2) is 9.59 Å². The predicted octanol–water partition coefficient (Wildman–Crippen LogP) is 3.06. The zero-order valence-corrected chi connectivity index (χ0v) is 24.2. The van der Waals surface area contributed by atoms with Gasteiger partial charge in [-0.15, -0.1) is 0 Å². The van der Waals surface area contributed by atoms with E-state index in [-0.39, 0.29) is 51.3 Å². The lowest BCUT2D eigenvalue weighted by molar-refractivity contribution is -0.139. The molecule has 0 bridgehead atoms. The monoisotopic (exact) mass is 583 g/mol. The smallest absolute Gasteiger partial charge is 0.355 e. The number of benzene rings is 2. The topological polar surface area (TPSA) is 146 Å². The van der Waals surface area contributed by atoms with E-state index in [1.807, 2.05) is 0 Å². The first-order valence-electron chi connectivity index (χ1n) is 14.2. The summed E-state index contributed by atoms with van der Waals surface area (Å²) in [6.07, 6.45) is 3.49. The van der Waals surface area contributed by atoms with Gasteiger partial charge in [-0.1, -0.05) is 30.3 Å². The highest BCUT2D eigenvalue weighted by atomic mass is 16.5. The van der Waals surface area contributed by atoms with Gasteiger partial charge in [-0.3, -0.25) is 14.5 Å². The second kappa shape index (κ2) is 12.4. The third kappa shape index (κ3) is 5.44. The van der Waals surface area contributed by atoms with Crippen LogP contribution in [-0.2, 0) is 19.1 Å². The Kier molecular flexibility index (Phi) is 8.48. The minimum Gasteiger partial charge on any atom is -0.466 e. The Morgan fingerprint density at radius 3 is 1.79 bits per heavy atom. The van der Waals surface area contributed by atoms with Crippen molar-refractivity contribution in [1.29, 1.82) is 5.26 Å². The summed E-state index contributed by atoms with van der Waals surface area (Å²) in [5.74, 6) is -3.50. The third-order valence-corrected chi connectivity index (χ3v) is 8.07. The molecule has 11 heteroatoms. The molecule has 222 valence electrons. The molecule has 2 aromatic carbocycles. The van der Waals surface area contributed by atoms with Crippen molar-refractivity contribution in [2.45, 2.75) is 31.6 Å². The van der Waals surface area contributed by atoms with Crippen molar-refractivity contribution in [2.24, 2.45) is 5.73 Å². The van der Waals surface area contributed by atoms with Crippen molar-refractivity contribution in [3.05, 3.63) is 87.9 Å². The lowest BCUT2D eigenvalue weighted by Crippen LogP contribution is -2.41. The molecule has 11 nitrogen and oxygen atoms in total. The second-order valence-corrected chi connectivity index (χ2v) is 10.6. The molecule has 3 heterocycles. The van der Waals surface area contributed by atoms with E-state index in [4.69, 9.17) is 15.2 Å². The Bertz CT molecular complexity index is 1520. The number of carbonyl (C=O) groups excluding carboxylic acids is 4. The number of nitrogens with two attached hydrogens (primary N) is 1. The summed E-state index contributed by atoms with van der Waals surface area (Å²) in [6.45, 7) is 2.34. The maximum atomic E-state index is 13.6. The fraction of sp³-hybridized carbons (Fsp3) is 0.344. The van der Waals surface area contributed by atoms with E-state index in [9.17, 15) is 24.4 Å². The van der Waals surface area contributed by atoms with Gasteiger partial charge < -0.3 is 25.0 Å². The Labute approximate surface area is 249 Å². The van der Waals surface area contributed by atoms with Crippen molar-refractivity contribution in [3.8, 4) is 6.07 Å². The molecule has 0 aromatic heterocycles. The Hall–Kier alpha value is -5.11. The van der Waals surface area contributed by atoms with Crippen molar-refractivity contribution in [3.63, 3.8) is 0 Å². The lowest BCUT2D eigenvalue weighted by Gasteiger charge is -2.36. The average Bonchev–Trinajstić information content (AvgIpc) is 3.78. The fourth-order valence-corrected chi connectivity index (χ4v) is 5.97. The van der Waals surface area contributed by atoms with Crippen LogP contribution in [-0.4, -0.2) is 74.0 Å². The number of carbonyl (C=O) groups is 4. The van der Waals surface area contributed by atoms with Crippen LogP contribution in [0.1, 0.15) is 57.9 Å². The number of hydrogen-bond donors (Lipinski definition) is 1. The fourth-order valence-electron chi connectivity index (χ4n) is 5.97. The molecular formula is C32H33N5O6. The van der Waals surface area contributed by atoms with Gasteiger partial charge in [-0.2, -0.15) is 5.26 Å². The first-order valence-corrected chi connectivity index (χ1v) is 14.2. The van der Waals surface area contributed by atoms with Crippen LogP contribution in [0, 0.1) is 11.3 Å². The molecule has 2 saturated heterocycles. The Balaban J connectivity index is 1.77. The van der Waals surface area contributed by atoms with Crippen LogP contribution in [0.2, 0.25) is 0 Å². The molecule has 3 aliphatic rings. The van der Waals surface area contributed by atoms with Crippen molar-refractivity contribution in [2.75, 3.05) is 45.3 Å². The number of hydrogen-bond acceptors (Lipinski definition) is 9. The molecule has 1 unspecified atom stereocenters. The van der Waals surface area contributed by atoms with Crippen molar-refractivity contribution in [1.82, 2.24) is 9.80 Å². The quantitative estimate of drug-likeness (QED) is 0.507. The first-order chi connectivity index (χ1) is 20.8. The molecule has 3 aliphatic heterocycles. The predicted molar refractivity (Wildman–Crippen MR) is 156 cm³/mol. The molecule has 2 aromatic rings. The molecule has 2 amide bonds. The van der Waals surface area contributed by atoms with Crippen molar-refractivity contribution >= 4 is 29.4 Å². The van der Waals surface area contributed by atoms with Crippen LogP contribution >= 0.6 is 0 Å². The third-order valence-electron chi connectivity index (χ3n) is 8.07. The van der Waals surface area contributed by atoms with Gasteiger partial charge in [0.25, 0.3) is 11.8 Å². The number of likely N-dealkylation sites (tertiary alicyclic amines) is 2. The zero-order valence-electron chi connectivity index (χ0n) is 24.2. The minimum absolute atomic E-state index is 0.0112. The summed E-state index contributed by atoms with van der Waals surface area (Å²) in [5.41, 5.74) is 7.37. The minimum atomic E-state index is -1.04. The number of anilines is 1. The maximum Gasteiger partial charge on any atom is 0.355 e. The number of esters is 2. The summed E-state index contributed by atoms with van der Waals surface area (Å²) in [7, 11) is 2.34. The normalized spacial score (nSPS) is 18.5. The van der Waals surface area contributed by atoms with E-state index in [0.717, 1.165) is 32.8 Å². The molecule has 0 radical (unpaired) electrons. The standard InChI is InChI=1S/C32H33N5O6/c1-42-31(40)26-25(20-10-4-3-5-11-20)24(19-33)28(34)37(27(26)32(41)43-2)23-17-21(29(38)35-12-6-7-13-35)16-22(18-23)30(39)36-14-8-9-15-36/h3-5,10-11,16-18,25H,6-9,12-15,34H2,1-2H3. The van der Waals surface area contributed by atoms with E-state index in [2.05, 4.69) is 6.07 Å². The summed E-state index contributed by atoms with van der Waals surface area (Å²) in [4.78, 5) is 58.8. The highest BCUT2D eigenvalue weighted by molar-refractivity contribution is 6.07. The average molecular weight is 584 g/mol. The number of methoxy groups -OCH3 is 2. The van der Waals surface area contributed by atoms with Gasteiger partial charge in [0.1, 0.15) is 11.5 Å². The van der Waals surface area contributed by atoms with Gasteiger partial charge in [-0.05, 0) is 49.4 Å². The zero-order chi connectivity index (χ0) is 30.7. The van der Waals surface area contributed by atoms with E-state index in [1.54, 1.807) is 46.2 Å². The van der Waals surface area contributed by atoms with Crippen LogP contribution < -0.4 is 10.6 Å². The Morgan fingerprint density at radius 2 is 1.33 bits per heavy atom. The molecule has 1 atom stereocenters. The highest BCUT2D eigenvalue weighted by Gasteiger charge is 2.43. The number of allylic oxidation sites excluding steroid dienone is 1. The van der Waals surface area contributed by atoms with Crippen LogP contribution in [0.15, 0.2) is 71.2 Å². The maximum absolute atomic E-state index is 13.6. The molecule has 0 spiro atoms. The van der Waals surface area contributed by atoms with Crippen molar-refractivity contribution < 1.29 is 28.7 Å². The second-order valence-electron chi connectivity index (χ2n) is 10.6.